The SMILES string of the molecule is Cc1ccc(S(=O)(=O)N2CCCCC2)cc1NC(=O)CCSc1ccccc1F. The van der Waals surface area contributed by atoms with Crippen molar-refractivity contribution in [2.45, 2.75) is 42.4 Å². The molecule has 1 heterocycles. The molecule has 156 valence electrons. The third kappa shape index (κ3) is 5.58. The summed E-state index contributed by atoms with van der Waals surface area (Å²) < 4.78 is 40.9. The molecule has 3 rings (SSSR count). The molecular formula is C21H25FN2O3S2. The van der Waals surface area contributed by atoms with Crippen molar-refractivity contribution in [3.63, 3.8) is 0 Å². The number of nitrogens with one attached hydrogen (secondary N) is 1. The van der Waals surface area contributed by atoms with E-state index in [-0.39, 0.29) is 23.0 Å². The third-order valence-electron chi connectivity index (χ3n) is 4.86. The number of nitrogens with zero attached hydrogens (tertiary/aromatic N) is 1. The maximum Gasteiger partial charge on any atom is 0.243 e. The van der Waals surface area contributed by atoms with E-state index in [1.807, 2.05) is 6.92 Å². The minimum atomic E-state index is -3.56. The van der Waals surface area contributed by atoms with Gasteiger partial charge in [0.2, 0.25) is 15.9 Å². The van der Waals surface area contributed by atoms with Gasteiger partial charge in [0.05, 0.1) is 4.90 Å². The first-order valence-electron chi connectivity index (χ1n) is 9.66. The van der Waals surface area contributed by atoms with Gasteiger partial charge in [-0.3, -0.25) is 4.79 Å². The van der Waals surface area contributed by atoms with Crippen LogP contribution in [-0.4, -0.2) is 37.5 Å². The zero-order chi connectivity index (χ0) is 20.9. The minimum Gasteiger partial charge on any atom is -0.326 e. The van der Waals surface area contributed by atoms with Crippen LogP contribution in [0.4, 0.5) is 10.1 Å². The summed E-state index contributed by atoms with van der Waals surface area (Å²) in [6.07, 6.45) is 2.98. The largest absolute Gasteiger partial charge is 0.326 e. The van der Waals surface area contributed by atoms with Crippen molar-refractivity contribution >= 4 is 33.4 Å². The summed E-state index contributed by atoms with van der Waals surface area (Å²) in [5.41, 5.74) is 1.28. The number of hydrogen-bond donors (Lipinski definition) is 1. The molecule has 2 aromatic carbocycles. The number of carbonyl (C=O) groups excluding carboxylic acids is 1. The second-order valence-corrected chi connectivity index (χ2v) is 10.1. The van der Waals surface area contributed by atoms with Crippen LogP contribution >= 0.6 is 11.8 Å². The van der Waals surface area contributed by atoms with Gasteiger partial charge < -0.3 is 5.32 Å². The van der Waals surface area contributed by atoms with E-state index in [0.717, 1.165) is 24.8 Å². The number of anilines is 1. The van der Waals surface area contributed by atoms with Crippen molar-refractivity contribution in [3.8, 4) is 0 Å². The lowest BCUT2D eigenvalue weighted by Gasteiger charge is -2.26. The summed E-state index contributed by atoms with van der Waals surface area (Å²) in [5.74, 6) is -0.105. The van der Waals surface area contributed by atoms with E-state index in [2.05, 4.69) is 5.32 Å². The van der Waals surface area contributed by atoms with Gasteiger partial charge in [-0.25, -0.2) is 12.8 Å². The number of thioether (sulfide) groups is 1. The molecule has 0 saturated carbocycles. The highest BCUT2D eigenvalue weighted by Gasteiger charge is 2.26. The molecule has 0 unspecified atom stereocenters. The summed E-state index contributed by atoms with van der Waals surface area (Å²) in [4.78, 5) is 13.0. The van der Waals surface area contributed by atoms with Gasteiger partial charge in [-0.05, 0) is 49.6 Å². The molecule has 0 aliphatic carbocycles. The number of piperidine rings is 1. The normalized spacial score (nSPS) is 15.2. The summed E-state index contributed by atoms with van der Waals surface area (Å²) >= 11 is 1.28. The number of aryl methyl sites for hydroxylation is 1. The zero-order valence-electron chi connectivity index (χ0n) is 16.4. The Morgan fingerprint density at radius 2 is 1.86 bits per heavy atom. The predicted molar refractivity (Wildman–Crippen MR) is 114 cm³/mol. The maximum absolute atomic E-state index is 13.6. The molecule has 0 bridgehead atoms. The first-order chi connectivity index (χ1) is 13.9. The molecule has 1 saturated heterocycles. The van der Waals surface area contributed by atoms with Gasteiger partial charge >= 0.3 is 0 Å². The molecule has 1 amide bonds. The van der Waals surface area contributed by atoms with Crippen LogP contribution in [0.25, 0.3) is 0 Å². The van der Waals surface area contributed by atoms with E-state index in [9.17, 15) is 17.6 Å². The highest BCUT2D eigenvalue weighted by molar-refractivity contribution is 7.99. The number of sulfonamides is 1. The fourth-order valence-electron chi connectivity index (χ4n) is 3.18. The Bertz CT molecular complexity index is 974. The lowest BCUT2D eigenvalue weighted by atomic mass is 10.2. The van der Waals surface area contributed by atoms with E-state index in [4.69, 9.17) is 0 Å². The van der Waals surface area contributed by atoms with E-state index in [0.29, 0.717) is 29.4 Å². The Hall–Kier alpha value is -1.90. The van der Waals surface area contributed by atoms with Crippen molar-refractivity contribution in [2.75, 3.05) is 24.2 Å². The smallest absolute Gasteiger partial charge is 0.243 e. The van der Waals surface area contributed by atoms with Gasteiger partial charge in [0.15, 0.2) is 0 Å². The molecule has 0 atom stereocenters. The van der Waals surface area contributed by atoms with Crippen molar-refractivity contribution < 1.29 is 17.6 Å². The van der Waals surface area contributed by atoms with E-state index >= 15 is 0 Å². The van der Waals surface area contributed by atoms with Crippen LogP contribution in [0.5, 0.6) is 0 Å². The molecule has 1 N–H and O–H groups in total. The van der Waals surface area contributed by atoms with Gasteiger partial charge in [-0.15, -0.1) is 11.8 Å². The van der Waals surface area contributed by atoms with Crippen molar-refractivity contribution in [2.24, 2.45) is 0 Å². The summed E-state index contributed by atoms with van der Waals surface area (Å²) in [5, 5.41) is 2.80. The van der Waals surface area contributed by atoms with Gasteiger partial charge in [-0.1, -0.05) is 24.6 Å². The number of halogens is 1. The lowest BCUT2D eigenvalue weighted by Crippen LogP contribution is -2.35. The fraction of sp³-hybridized carbons (Fsp3) is 0.381. The maximum atomic E-state index is 13.6. The quantitative estimate of drug-likeness (QED) is 0.652. The number of amides is 1. The molecule has 1 fully saturated rings. The molecule has 1 aliphatic heterocycles. The molecule has 2 aromatic rings. The first-order valence-corrected chi connectivity index (χ1v) is 12.1. The van der Waals surface area contributed by atoms with Crippen LogP contribution in [0.2, 0.25) is 0 Å². The van der Waals surface area contributed by atoms with E-state index in [1.165, 1.54) is 28.2 Å². The molecule has 8 heteroatoms. The van der Waals surface area contributed by atoms with Crippen LogP contribution in [0.1, 0.15) is 31.2 Å². The Kier molecular flexibility index (Phi) is 7.32. The fourth-order valence-corrected chi connectivity index (χ4v) is 5.61. The molecule has 0 spiro atoms. The third-order valence-corrected chi connectivity index (χ3v) is 7.80. The summed E-state index contributed by atoms with van der Waals surface area (Å²) in [6.45, 7) is 2.89. The Morgan fingerprint density at radius 3 is 2.59 bits per heavy atom. The summed E-state index contributed by atoms with van der Waals surface area (Å²) in [7, 11) is -3.56. The highest BCUT2D eigenvalue weighted by atomic mass is 32.2. The van der Waals surface area contributed by atoms with Crippen LogP contribution in [0, 0.1) is 12.7 Å². The van der Waals surface area contributed by atoms with Gasteiger partial charge in [0.1, 0.15) is 5.82 Å². The predicted octanol–water partition coefficient (Wildman–Crippen LogP) is 4.43. The van der Waals surface area contributed by atoms with Gasteiger partial charge in [0.25, 0.3) is 0 Å². The molecule has 1 aliphatic rings. The molecule has 0 aromatic heterocycles. The van der Waals surface area contributed by atoms with Crippen LogP contribution in [0.3, 0.4) is 0 Å². The first kappa shape index (κ1) is 21.8. The molecule has 29 heavy (non-hydrogen) atoms. The van der Waals surface area contributed by atoms with Gasteiger partial charge in [-0.2, -0.15) is 4.31 Å². The molecule has 5 nitrogen and oxygen atoms in total. The second kappa shape index (κ2) is 9.73. The number of benzene rings is 2. The van der Waals surface area contributed by atoms with E-state index < -0.39 is 10.0 Å². The molecule has 0 radical (unpaired) electrons. The Balaban J connectivity index is 1.63. The van der Waals surface area contributed by atoms with Crippen LogP contribution < -0.4 is 5.32 Å². The average molecular weight is 437 g/mol. The van der Waals surface area contributed by atoms with Crippen molar-refractivity contribution in [1.29, 1.82) is 0 Å². The Labute approximate surface area is 175 Å². The molecular weight excluding hydrogens is 411 g/mol. The zero-order valence-corrected chi connectivity index (χ0v) is 18.0. The van der Waals surface area contributed by atoms with Crippen molar-refractivity contribution in [3.05, 3.63) is 53.8 Å². The van der Waals surface area contributed by atoms with Gasteiger partial charge in [0, 0.05) is 35.8 Å². The summed E-state index contributed by atoms with van der Waals surface area (Å²) in [6, 6.07) is 11.3. The van der Waals surface area contributed by atoms with Crippen LogP contribution in [-0.2, 0) is 14.8 Å². The van der Waals surface area contributed by atoms with Crippen LogP contribution in [0.15, 0.2) is 52.3 Å². The number of carbonyl (C=O) groups is 1. The average Bonchev–Trinajstić information content (AvgIpc) is 2.71. The number of rotatable bonds is 7. The van der Waals surface area contributed by atoms with Crippen molar-refractivity contribution in [1.82, 2.24) is 4.31 Å². The lowest BCUT2D eigenvalue weighted by molar-refractivity contribution is -0.115. The number of hydrogen-bond acceptors (Lipinski definition) is 4. The monoisotopic (exact) mass is 436 g/mol. The topological polar surface area (TPSA) is 66.5 Å². The standard InChI is InChI=1S/C21H25FN2O3S2/c1-16-9-10-17(29(26,27)24-12-5-2-6-13-24)15-19(16)23-21(25)11-14-28-20-8-4-3-7-18(20)22/h3-4,7-10,15H,2,5-6,11-14H2,1H3,(H,23,25). The highest BCUT2D eigenvalue weighted by Crippen LogP contribution is 2.26. The van der Waals surface area contributed by atoms with E-state index in [1.54, 1.807) is 30.3 Å². The minimum absolute atomic E-state index is 0.195. The Morgan fingerprint density at radius 1 is 1.14 bits per heavy atom. The second-order valence-electron chi connectivity index (χ2n) is 7.02.